The van der Waals surface area contributed by atoms with Gasteiger partial charge in [0.2, 0.25) is 10.0 Å². The van der Waals surface area contributed by atoms with E-state index >= 15 is 0 Å². The van der Waals surface area contributed by atoms with Crippen molar-refractivity contribution in [1.82, 2.24) is 14.5 Å². The Morgan fingerprint density at radius 1 is 1.10 bits per heavy atom. The van der Waals surface area contributed by atoms with Gasteiger partial charge in [-0.25, -0.2) is 13.1 Å². The highest BCUT2D eigenvalue weighted by Crippen LogP contribution is 2.49. The third-order valence-electron chi connectivity index (χ3n) is 13.9. The van der Waals surface area contributed by atoms with E-state index in [1.807, 2.05) is 55.6 Å². The van der Waals surface area contributed by atoms with Crippen molar-refractivity contribution < 1.29 is 27.4 Å². The van der Waals surface area contributed by atoms with Crippen LogP contribution in [0.25, 0.3) is 0 Å². The Hall–Kier alpha value is -3.45. The molecule has 10 nitrogen and oxygen atoms in total. The Morgan fingerprint density at radius 3 is 2.73 bits per heavy atom. The minimum atomic E-state index is -3.96. The van der Waals surface area contributed by atoms with Gasteiger partial charge in [0.25, 0.3) is 5.91 Å². The summed E-state index contributed by atoms with van der Waals surface area (Å²) in [6, 6.07) is 21.5. The fourth-order valence-electron chi connectivity index (χ4n) is 10.5. The number of ether oxygens (including phenoxy) is 3. The average molecular weight is 846 g/mol. The van der Waals surface area contributed by atoms with Gasteiger partial charge in [-0.1, -0.05) is 67.1 Å². The lowest BCUT2D eigenvalue weighted by molar-refractivity contribution is -0.108. The van der Waals surface area contributed by atoms with Crippen LogP contribution in [0.15, 0.2) is 78.9 Å². The lowest BCUT2D eigenvalue weighted by Crippen LogP contribution is -2.62. The number of rotatable bonds is 13. The van der Waals surface area contributed by atoms with Crippen molar-refractivity contribution >= 4 is 33.2 Å². The second-order valence-electron chi connectivity index (χ2n) is 17.7. The van der Waals surface area contributed by atoms with Crippen LogP contribution in [0.2, 0.25) is 5.02 Å². The number of aryl methyl sites for hydroxylation is 1. The number of benzene rings is 3. The van der Waals surface area contributed by atoms with E-state index in [0.29, 0.717) is 37.3 Å². The van der Waals surface area contributed by atoms with Crippen LogP contribution in [0.1, 0.15) is 73.0 Å². The lowest BCUT2D eigenvalue weighted by Gasteiger charge is -2.53. The largest absolute Gasteiger partial charge is 0.490 e. The van der Waals surface area contributed by atoms with E-state index in [0.717, 1.165) is 107 Å². The van der Waals surface area contributed by atoms with Crippen LogP contribution in [0.4, 0.5) is 5.69 Å². The molecule has 12 heteroatoms. The molecule has 0 bridgehead atoms. The maximum Gasteiger partial charge on any atom is 0.264 e. The first-order valence-electron chi connectivity index (χ1n) is 21.7. The molecule has 1 N–H and O–H groups in total. The SMILES string of the molecule is CC/C=C/[C@@](CN1CCN2CCOC[C@@H]2C1)(OC)[C@@H]1CC[C@H]1CN1C[C@@]2(CCCc3cc(Cl)ccc32)COc2ccc(C(=O)NS(=O)(=O)[C@@H](C)Cc3ccccc3)cc21. The third kappa shape index (κ3) is 8.98. The summed E-state index contributed by atoms with van der Waals surface area (Å²) in [5, 5.41) is -0.0579. The fraction of sp³-hybridized carbons (Fsp3) is 0.553. The van der Waals surface area contributed by atoms with Crippen molar-refractivity contribution in [2.24, 2.45) is 11.8 Å². The summed E-state index contributed by atoms with van der Waals surface area (Å²) in [6.07, 6.45) is 10.9. The topological polar surface area (TPSA) is 101 Å². The van der Waals surface area contributed by atoms with E-state index in [2.05, 4.69) is 50.6 Å². The van der Waals surface area contributed by atoms with Crippen molar-refractivity contribution in [3.05, 3.63) is 106 Å². The normalized spacial score (nSPS) is 26.4. The summed E-state index contributed by atoms with van der Waals surface area (Å²) >= 11 is 6.55. The first-order chi connectivity index (χ1) is 28.5. The van der Waals surface area contributed by atoms with Crippen molar-refractivity contribution in [1.29, 1.82) is 0 Å². The molecule has 3 aliphatic heterocycles. The van der Waals surface area contributed by atoms with Crippen LogP contribution in [-0.2, 0) is 37.8 Å². The first-order valence-corrected chi connectivity index (χ1v) is 23.6. The number of carbonyl (C=O) groups is 1. The summed E-state index contributed by atoms with van der Waals surface area (Å²) in [7, 11) is -2.09. The lowest BCUT2D eigenvalue weighted by atomic mass is 9.63. The molecule has 0 aromatic heterocycles. The highest BCUT2D eigenvalue weighted by Gasteiger charge is 2.50. The molecule has 1 saturated carbocycles. The predicted octanol–water partition coefficient (Wildman–Crippen LogP) is 6.90. The molecule has 1 spiro atoms. The third-order valence-corrected chi connectivity index (χ3v) is 15.9. The number of nitrogens with one attached hydrogen (secondary N) is 1. The molecule has 3 fully saturated rings. The minimum absolute atomic E-state index is 0.277. The smallest absolute Gasteiger partial charge is 0.264 e. The number of carbonyl (C=O) groups excluding carboxylic acids is 1. The van der Waals surface area contributed by atoms with Crippen LogP contribution in [0.5, 0.6) is 5.75 Å². The molecule has 5 aliphatic rings. The molecule has 3 aromatic carbocycles. The molecular formula is C47H61ClN4O6S. The number of piperazine rings is 1. The molecule has 318 valence electrons. The van der Waals surface area contributed by atoms with Crippen molar-refractivity contribution in [3.8, 4) is 5.75 Å². The van der Waals surface area contributed by atoms with Crippen LogP contribution in [0, 0.1) is 11.8 Å². The van der Waals surface area contributed by atoms with Gasteiger partial charge in [-0.3, -0.25) is 14.6 Å². The standard InChI is InChI=1S/C47H61ClN4O6S/c1-4-5-20-47(56-3,32-50-21-22-51-23-24-57-30-40(51)29-50)42-16-13-38(42)28-52-31-46(19-9-12-36-26-39(48)15-17-41(36)46)33-58-44-18-14-37(27-43(44)52)45(53)49-59(54,55)34(2)25-35-10-7-6-8-11-35/h5-8,10-11,14-15,17-18,20,26-27,34,38,40,42H,4,9,12-13,16,19,21-25,28-33H2,1-3H3,(H,49,53)/b20-5+/t34-,38-,40-,42+,46-,47-/m0/s1. The summed E-state index contributed by atoms with van der Waals surface area (Å²) < 4.78 is 48.7. The molecule has 2 aliphatic carbocycles. The van der Waals surface area contributed by atoms with Crippen LogP contribution in [-0.4, -0.2) is 114 Å². The summed E-state index contributed by atoms with van der Waals surface area (Å²) in [5.41, 5.74) is 3.79. The summed E-state index contributed by atoms with van der Waals surface area (Å²) in [4.78, 5) is 21.5. The van der Waals surface area contributed by atoms with E-state index in [1.54, 1.807) is 13.0 Å². The van der Waals surface area contributed by atoms with E-state index in [1.165, 1.54) is 11.1 Å². The molecular weight excluding hydrogens is 784 g/mol. The molecule has 3 aromatic rings. The number of allylic oxidation sites excluding steroid dienone is 1. The monoisotopic (exact) mass is 844 g/mol. The van der Waals surface area contributed by atoms with Gasteiger partial charge in [-0.2, -0.15) is 0 Å². The van der Waals surface area contributed by atoms with E-state index in [4.69, 9.17) is 25.8 Å². The molecule has 0 unspecified atom stereocenters. The number of morpholine rings is 1. The van der Waals surface area contributed by atoms with Crippen LogP contribution in [0.3, 0.4) is 0 Å². The number of sulfonamides is 1. The summed E-state index contributed by atoms with van der Waals surface area (Å²) in [5.74, 6) is 0.646. The van der Waals surface area contributed by atoms with Crippen molar-refractivity contribution in [2.45, 2.75) is 81.1 Å². The number of nitrogens with zero attached hydrogens (tertiary/aromatic N) is 3. The van der Waals surface area contributed by atoms with E-state index in [-0.39, 0.29) is 16.9 Å². The van der Waals surface area contributed by atoms with Crippen LogP contribution < -0.4 is 14.4 Å². The number of hydrogen-bond donors (Lipinski definition) is 1. The molecule has 0 radical (unpaired) electrons. The number of hydrogen-bond acceptors (Lipinski definition) is 9. The van der Waals surface area contributed by atoms with Gasteiger partial charge < -0.3 is 19.1 Å². The van der Waals surface area contributed by atoms with Gasteiger partial charge in [0, 0.05) is 75.0 Å². The Morgan fingerprint density at radius 2 is 1.95 bits per heavy atom. The zero-order valence-corrected chi connectivity index (χ0v) is 36.5. The maximum atomic E-state index is 13.9. The maximum absolute atomic E-state index is 13.9. The van der Waals surface area contributed by atoms with Gasteiger partial charge in [0.15, 0.2) is 0 Å². The van der Waals surface area contributed by atoms with E-state index in [9.17, 15) is 13.2 Å². The van der Waals surface area contributed by atoms with Crippen molar-refractivity contribution in [3.63, 3.8) is 0 Å². The zero-order chi connectivity index (χ0) is 41.2. The highest BCUT2D eigenvalue weighted by atomic mass is 35.5. The molecule has 1 amide bonds. The number of anilines is 1. The Balaban J connectivity index is 1.09. The zero-order valence-electron chi connectivity index (χ0n) is 34.9. The Kier molecular flexibility index (Phi) is 12.8. The fourth-order valence-corrected chi connectivity index (χ4v) is 11.7. The predicted molar refractivity (Wildman–Crippen MR) is 234 cm³/mol. The van der Waals surface area contributed by atoms with Crippen LogP contribution >= 0.6 is 11.6 Å². The van der Waals surface area contributed by atoms with Crippen molar-refractivity contribution in [2.75, 3.05) is 77.6 Å². The number of amides is 1. The highest BCUT2D eigenvalue weighted by molar-refractivity contribution is 7.90. The molecule has 6 atom stereocenters. The second kappa shape index (κ2) is 17.9. The first kappa shape index (κ1) is 42.2. The minimum Gasteiger partial charge on any atom is -0.490 e. The average Bonchev–Trinajstić information content (AvgIpc) is 3.38. The van der Waals surface area contributed by atoms with Gasteiger partial charge in [-0.05, 0) is 111 Å². The number of fused-ring (bicyclic) bond motifs is 4. The number of methoxy groups -OCH3 is 1. The second-order valence-corrected chi connectivity index (χ2v) is 20.2. The van der Waals surface area contributed by atoms with Gasteiger partial charge >= 0.3 is 0 Å². The number of halogens is 1. The van der Waals surface area contributed by atoms with Gasteiger partial charge in [0.1, 0.15) is 11.4 Å². The summed E-state index contributed by atoms with van der Waals surface area (Å²) in [6.45, 7) is 12.2. The molecule has 2 saturated heterocycles. The van der Waals surface area contributed by atoms with Gasteiger partial charge in [0.05, 0.1) is 30.8 Å². The molecule has 59 heavy (non-hydrogen) atoms. The van der Waals surface area contributed by atoms with E-state index < -0.39 is 26.8 Å². The molecule has 8 rings (SSSR count). The molecule has 3 heterocycles. The Labute approximate surface area is 356 Å². The van der Waals surface area contributed by atoms with Gasteiger partial charge in [-0.15, -0.1) is 0 Å². The quantitative estimate of drug-likeness (QED) is 0.184. The Bertz CT molecular complexity index is 2100.